The number of halogens is 1. The van der Waals surface area contributed by atoms with Crippen LogP contribution in [0.4, 0.5) is 4.39 Å². The summed E-state index contributed by atoms with van der Waals surface area (Å²) in [6.07, 6.45) is 0. The van der Waals surface area contributed by atoms with Crippen molar-refractivity contribution >= 4 is 0 Å². The first-order valence-corrected chi connectivity index (χ1v) is 6.27. The fraction of sp³-hybridized carbons (Fsp3) is 0.200. The third-order valence-corrected chi connectivity index (χ3v) is 3.21. The van der Waals surface area contributed by atoms with Crippen LogP contribution in [0.15, 0.2) is 30.3 Å². The molecule has 0 aliphatic carbocycles. The minimum atomic E-state index is -0.438. The molecular formula is C15H12FN3O. The van der Waals surface area contributed by atoms with Crippen molar-refractivity contribution in [3.63, 3.8) is 0 Å². The molecule has 0 atom stereocenters. The topological polar surface area (TPSA) is 57.9 Å². The SMILES string of the molecule is N#Cc1ccc(COc2ccc3c(n2)CNC3)c(F)c1. The van der Waals surface area contributed by atoms with E-state index in [4.69, 9.17) is 10.00 Å². The third-order valence-electron chi connectivity index (χ3n) is 3.21. The molecule has 5 heteroatoms. The van der Waals surface area contributed by atoms with Crippen LogP contribution in [0, 0.1) is 17.1 Å². The van der Waals surface area contributed by atoms with Crippen LogP contribution in [0.2, 0.25) is 0 Å². The van der Waals surface area contributed by atoms with Gasteiger partial charge in [0.05, 0.1) is 17.3 Å². The second-order valence-corrected chi connectivity index (χ2v) is 4.57. The van der Waals surface area contributed by atoms with E-state index in [0.717, 1.165) is 18.8 Å². The molecule has 2 aromatic rings. The zero-order valence-electron chi connectivity index (χ0n) is 10.7. The number of hydrogen-bond donors (Lipinski definition) is 1. The molecule has 1 aliphatic heterocycles. The number of aromatic nitrogens is 1. The van der Waals surface area contributed by atoms with Crippen LogP contribution in [0.3, 0.4) is 0 Å². The summed E-state index contributed by atoms with van der Waals surface area (Å²) in [5.74, 6) is 0.0445. The molecule has 4 nitrogen and oxygen atoms in total. The number of nitriles is 1. The summed E-state index contributed by atoms with van der Waals surface area (Å²) in [5.41, 5.74) is 2.85. The van der Waals surface area contributed by atoms with E-state index in [2.05, 4.69) is 10.3 Å². The van der Waals surface area contributed by atoms with Gasteiger partial charge in [-0.3, -0.25) is 0 Å². The molecule has 1 N–H and O–H groups in total. The second-order valence-electron chi connectivity index (χ2n) is 4.57. The molecule has 1 aliphatic rings. The van der Waals surface area contributed by atoms with Gasteiger partial charge >= 0.3 is 0 Å². The molecule has 0 fully saturated rings. The summed E-state index contributed by atoms with van der Waals surface area (Å²) in [7, 11) is 0. The van der Waals surface area contributed by atoms with Crippen LogP contribution >= 0.6 is 0 Å². The monoisotopic (exact) mass is 269 g/mol. The molecule has 100 valence electrons. The van der Waals surface area contributed by atoms with Crippen molar-refractivity contribution in [3.8, 4) is 11.9 Å². The highest BCUT2D eigenvalue weighted by atomic mass is 19.1. The quantitative estimate of drug-likeness (QED) is 0.928. The van der Waals surface area contributed by atoms with E-state index in [1.165, 1.54) is 11.6 Å². The number of fused-ring (bicyclic) bond motifs is 1. The van der Waals surface area contributed by atoms with Crippen molar-refractivity contribution in [2.75, 3.05) is 0 Å². The molecule has 1 aromatic heterocycles. The van der Waals surface area contributed by atoms with Gasteiger partial charge in [-0.15, -0.1) is 0 Å². The first-order valence-electron chi connectivity index (χ1n) is 6.27. The molecule has 2 heterocycles. The summed E-state index contributed by atoms with van der Waals surface area (Å²) < 4.78 is 19.2. The van der Waals surface area contributed by atoms with E-state index in [1.54, 1.807) is 18.2 Å². The van der Waals surface area contributed by atoms with E-state index in [9.17, 15) is 4.39 Å². The highest BCUT2D eigenvalue weighted by molar-refractivity contribution is 5.33. The van der Waals surface area contributed by atoms with Gasteiger partial charge in [-0.1, -0.05) is 12.1 Å². The van der Waals surface area contributed by atoms with Gasteiger partial charge in [0.15, 0.2) is 0 Å². The Morgan fingerprint density at radius 2 is 2.20 bits per heavy atom. The predicted molar refractivity (Wildman–Crippen MR) is 70.2 cm³/mol. The van der Waals surface area contributed by atoms with Gasteiger partial charge in [-0.05, 0) is 17.7 Å². The van der Waals surface area contributed by atoms with E-state index in [-0.39, 0.29) is 6.61 Å². The van der Waals surface area contributed by atoms with Crippen molar-refractivity contribution in [1.82, 2.24) is 10.3 Å². The zero-order valence-corrected chi connectivity index (χ0v) is 10.7. The second kappa shape index (κ2) is 5.27. The van der Waals surface area contributed by atoms with E-state index in [0.29, 0.717) is 17.0 Å². The van der Waals surface area contributed by atoms with Crippen molar-refractivity contribution in [2.24, 2.45) is 0 Å². The lowest BCUT2D eigenvalue weighted by Gasteiger charge is -2.07. The fourth-order valence-corrected chi connectivity index (χ4v) is 2.11. The van der Waals surface area contributed by atoms with Gasteiger partial charge in [0, 0.05) is 24.7 Å². The first-order chi connectivity index (χ1) is 9.76. The largest absolute Gasteiger partial charge is 0.473 e. The third kappa shape index (κ3) is 2.46. The Labute approximate surface area is 115 Å². The van der Waals surface area contributed by atoms with E-state index >= 15 is 0 Å². The Bertz CT molecular complexity index is 694. The maximum absolute atomic E-state index is 13.7. The number of benzene rings is 1. The maximum Gasteiger partial charge on any atom is 0.213 e. The smallest absolute Gasteiger partial charge is 0.213 e. The van der Waals surface area contributed by atoms with Crippen molar-refractivity contribution in [3.05, 3.63) is 58.5 Å². The number of ether oxygens (including phenoxy) is 1. The van der Waals surface area contributed by atoms with E-state index in [1.807, 2.05) is 12.1 Å². The van der Waals surface area contributed by atoms with Crippen LogP contribution in [0.1, 0.15) is 22.4 Å². The molecule has 20 heavy (non-hydrogen) atoms. The standard InChI is InChI=1S/C15H12FN3O/c16-13-5-10(6-17)1-2-12(13)9-20-15-4-3-11-7-18-8-14(11)19-15/h1-5,18H,7-9H2. The summed E-state index contributed by atoms with van der Waals surface area (Å²) in [4.78, 5) is 4.37. The van der Waals surface area contributed by atoms with Gasteiger partial charge in [0.25, 0.3) is 0 Å². The average Bonchev–Trinajstić information content (AvgIpc) is 2.93. The van der Waals surface area contributed by atoms with E-state index < -0.39 is 5.82 Å². The number of nitrogens with one attached hydrogen (secondary N) is 1. The van der Waals surface area contributed by atoms with Gasteiger partial charge in [0.1, 0.15) is 12.4 Å². The summed E-state index contributed by atoms with van der Waals surface area (Å²) in [6.45, 7) is 1.65. The molecule has 1 aromatic carbocycles. The van der Waals surface area contributed by atoms with Crippen LogP contribution in [0.5, 0.6) is 5.88 Å². The van der Waals surface area contributed by atoms with Crippen molar-refractivity contribution in [1.29, 1.82) is 5.26 Å². The lowest BCUT2D eigenvalue weighted by atomic mass is 10.1. The van der Waals surface area contributed by atoms with Gasteiger partial charge in [-0.25, -0.2) is 9.37 Å². The maximum atomic E-state index is 13.7. The minimum Gasteiger partial charge on any atom is -0.473 e. The Hall–Kier alpha value is -2.45. The molecule has 0 radical (unpaired) electrons. The fourth-order valence-electron chi connectivity index (χ4n) is 2.11. The predicted octanol–water partition coefficient (Wildman–Crippen LogP) is 2.27. The molecule has 0 amide bonds. The van der Waals surface area contributed by atoms with Crippen LogP contribution < -0.4 is 10.1 Å². The lowest BCUT2D eigenvalue weighted by Crippen LogP contribution is -2.02. The summed E-state index contributed by atoms with van der Waals surface area (Å²) >= 11 is 0. The number of rotatable bonds is 3. The summed E-state index contributed by atoms with van der Waals surface area (Å²) in [5, 5.41) is 11.9. The number of nitrogens with zero attached hydrogens (tertiary/aromatic N) is 2. The molecule has 0 saturated heterocycles. The Kier molecular flexibility index (Phi) is 3.32. The normalized spacial score (nSPS) is 12.8. The minimum absolute atomic E-state index is 0.0940. The molecule has 0 saturated carbocycles. The zero-order chi connectivity index (χ0) is 13.9. The Morgan fingerprint density at radius 3 is 3.00 bits per heavy atom. The van der Waals surface area contributed by atoms with Crippen LogP contribution in [-0.2, 0) is 19.7 Å². The lowest BCUT2D eigenvalue weighted by molar-refractivity contribution is 0.287. The highest BCUT2D eigenvalue weighted by Crippen LogP contribution is 2.19. The molecule has 0 unspecified atom stereocenters. The Balaban J connectivity index is 1.72. The van der Waals surface area contributed by atoms with Gasteiger partial charge in [-0.2, -0.15) is 5.26 Å². The first kappa shape index (κ1) is 12.6. The van der Waals surface area contributed by atoms with Crippen molar-refractivity contribution < 1.29 is 9.13 Å². The van der Waals surface area contributed by atoms with Crippen molar-refractivity contribution in [2.45, 2.75) is 19.7 Å². The Morgan fingerprint density at radius 1 is 1.30 bits per heavy atom. The molecular weight excluding hydrogens is 257 g/mol. The van der Waals surface area contributed by atoms with Gasteiger partial charge < -0.3 is 10.1 Å². The molecule has 0 spiro atoms. The highest BCUT2D eigenvalue weighted by Gasteiger charge is 2.12. The van der Waals surface area contributed by atoms with Crippen LogP contribution in [-0.4, -0.2) is 4.98 Å². The number of hydrogen-bond acceptors (Lipinski definition) is 4. The average molecular weight is 269 g/mol. The van der Waals surface area contributed by atoms with Crippen LogP contribution in [0.25, 0.3) is 0 Å². The van der Waals surface area contributed by atoms with Gasteiger partial charge in [0.2, 0.25) is 5.88 Å². The summed E-state index contributed by atoms with van der Waals surface area (Å²) in [6, 6.07) is 9.98. The molecule has 0 bridgehead atoms. The number of pyridine rings is 1. The molecule has 3 rings (SSSR count).